The Balaban J connectivity index is 1.37. The molecule has 8 heteroatoms. The van der Waals surface area contributed by atoms with E-state index in [0.717, 1.165) is 16.9 Å². The van der Waals surface area contributed by atoms with Crippen molar-refractivity contribution in [1.82, 2.24) is 15.1 Å². The molecule has 2 heterocycles. The molecule has 1 atom stereocenters. The molecule has 0 aromatic heterocycles. The van der Waals surface area contributed by atoms with Crippen LogP contribution in [-0.2, 0) is 0 Å². The molecule has 0 aliphatic carbocycles. The highest BCUT2D eigenvalue weighted by atomic mass is 35.5. The van der Waals surface area contributed by atoms with Gasteiger partial charge in [-0.25, -0.2) is 9.18 Å². The van der Waals surface area contributed by atoms with Crippen molar-refractivity contribution in [2.75, 3.05) is 32.8 Å². The van der Waals surface area contributed by atoms with Crippen molar-refractivity contribution in [1.29, 1.82) is 0 Å². The Kier molecular flexibility index (Phi) is 5.81. The molecule has 1 unspecified atom stereocenters. The molecule has 6 nitrogen and oxygen atoms in total. The van der Waals surface area contributed by atoms with Gasteiger partial charge in [0.2, 0.25) is 0 Å². The number of urea groups is 1. The van der Waals surface area contributed by atoms with E-state index < -0.39 is 0 Å². The number of nitrogens with zero attached hydrogens (tertiary/aromatic N) is 2. The fraction of sp³-hybridized carbons (Fsp3) is 0.364. The minimum atomic E-state index is -0.376. The normalized spacial score (nSPS) is 18.4. The zero-order valence-corrected chi connectivity index (χ0v) is 17.4. The van der Waals surface area contributed by atoms with E-state index >= 15 is 0 Å². The van der Waals surface area contributed by atoms with E-state index in [2.05, 4.69) is 5.32 Å². The fourth-order valence-corrected chi connectivity index (χ4v) is 3.96. The van der Waals surface area contributed by atoms with Crippen molar-refractivity contribution < 1.29 is 18.7 Å². The quantitative estimate of drug-likeness (QED) is 0.787. The number of halogens is 2. The van der Waals surface area contributed by atoms with Crippen molar-refractivity contribution in [3.05, 3.63) is 63.9 Å². The summed E-state index contributed by atoms with van der Waals surface area (Å²) in [5.41, 5.74) is 2.25. The van der Waals surface area contributed by atoms with Gasteiger partial charge in [-0.05, 0) is 55.3 Å². The molecule has 2 aromatic carbocycles. The van der Waals surface area contributed by atoms with Crippen LogP contribution in [0.4, 0.5) is 9.18 Å². The van der Waals surface area contributed by atoms with Gasteiger partial charge in [-0.1, -0.05) is 11.6 Å². The molecule has 2 aliphatic rings. The summed E-state index contributed by atoms with van der Waals surface area (Å²) in [5.74, 6) is 0.216. The Hall–Kier alpha value is -2.80. The van der Waals surface area contributed by atoms with Crippen LogP contribution in [0.2, 0.25) is 5.02 Å². The molecule has 0 radical (unpaired) electrons. The summed E-state index contributed by atoms with van der Waals surface area (Å²) >= 11 is 6.23. The summed E-state index contributed by atoms with van der Waals surface area (Å²) in [7, 11) is 0. The molecule has 0 bridgehead atoms. The van der Waals surface area contributed by atoms with Crippen molar-refractivity contribution in [3.8, 4) is 5.75 Å². The van der Waals surface area contributed by atoms with Crippen molar-refractivity contribution >= 4 is 23.5 Å². The summed E-state index contributed by atoms with van der Waals surface area (Å²) < 4.78 is 18.8. The number of hydrogen-bond acceptors (Lipinski definition) is 3. The highest BCUT2D eigenvalue weighted by Gasteiger charge is 2.29. The molecule has 3 amide bonds. The van der Waals surface area contributed by atoms with Gasteiger partial charge in [0.25, 0.3) is 5.91 Å². The van der Waals surface area contributed by atoms with Gasteiger partial charge in [0.05, 0.1) is 6.04 Å². The van der Waals surface area contributed by atoms with Crippen LogP contribution in [0.1, 0.15) is 33.9 Å². The minimum absolute atomic E-state index is 0.152. The van der Waals surface area contributed by atoms with E-state index in [1.54, 1.807) is 9.80 Å². The largest absolute Gasteiger partial charge is 0.491 e. The zero-order valence-electron chi connectivity index (χ0n) is 16.7. The van der Waals surface area contributed by atoms with E-state index in [-0.39, 0.29) is 23.8 Å². The molecule has 1 saturated heterocycles. The lowest BCUT2D eigenvalue weighted by atomic mass is 10.1. The number of rotatable bonds is 2. The van der Waals surface area contributed by atoms with E-state index in [9.17, 15) is 14.0 Å². The van der Waals surface area contributed by atoms with E-state index in [1.807, 2.05) is 19.1 Å². The second-order valence-corrected chi connectivity index (χ2v) is 8.00. The maximum Gasteiger partial charge on any atom is 0.318 e. The van der Waals surface area contributed by atoms with Gasteiger partial charge in [-0.15, -0.1) is 0 Å². The van der Waals surface area contributed by atoms with Gasteiger partial charge < -0.3 is 19.9 Å². The van der Waals surface area contributed by atoms with E-state index in [4.69, 9.17) is 16.3 Å². The third-order valence-corrected chi connectivity index (χ3v) is 5.94. The fourth-order valence-electron chi connectivity index (χ4n) is 3.79. The lowest BCUT2D eigenvalue weighted by Gasteiger charge is -2.24. The summed E-state index contributed by atoms with van der Waals surface area (Å²) in [4.78, 5) is 28.9. The number of carbonyl (C=O) groups excluding carboxylic acids is 2. The second kappa shape index (κ2) is 8.52. The SMILES string of the molecule is Cc1cc2c(cc1Cl)C(NC(=O)N1CCCN(C(=O)c3ccc(F)cc3)CC1)CO2. The number of hydrogen-bond donors (Lipinski definition) is 1. The molecule has 2 aliphatic heterocycles. The van der Waals surface area contributed by atoms with Crippen LogP contribution in [0, 0.1) is 12.7 Å². The van der Waals surface area contributed by atoms with Gasteiger partial charge >= 0.3 is 6.03 Å². The topological polar surface area (TPSA) is 61.9 Å². The minimum Gasteiger partial charge on any atom is -0.491 e. The highest BCUT2D eigenvalue weighted by Crippen LogP contribution is 2.36. The average Bonchev–Trinajstić information content (AvgIpc) is 2.95. The maximum atomic E-state index is 13.1. The van der Waals surface area contributed by atoms with E-state index in [1.165, 1.54) is 24.3 Å². The van der Waals surface area contributed by atoms with Gasteiger partial charge in [-0.2, -0.15) is 0 Å². The first-order chi connectivity index (χ1) is 14.4. The van der Waals surface area contributed by atoms with Gasteiger partial charge in [-0.3, -0.25) is 4.79 Å². The molecule has 0 saturated carbocycles. The molecule has 1 fully saturated rings. The van der Waals surface area contributed by atoms with Gasteiger partial charge in [0, 0.05) is 42.3 Å². The van der Waals surface area contributed by atoms with Gasteiger partial charge in [0.1, 0.15) is 18.2 Å². The number of ether oxygens (including phenoxy) is 1. The number of nitrogens with one attached hydrogen (secondary N) is 1. The third kappa shape index (κ3) is 4.21. The Morgan fingerprint density at radius 1 is 1.10 bits per heavy atom. The molecule has 0 spiro atoms. The molecule has 1 N–H and O–H groups in total. The van der Waals surface area contributed by atoms with Crippen LogP contribution in [0.25, 0.3) is 0 Å². The summed E-state index contributed by atoms with van der Waals surface area (Å²) in [6.07, 6.45) is 0.670. The number of amides is 3. The number of aryl methyl sites for hydroxylation is 1. The molecular weight excluding hydrogens is 409 g/mol. The molecule has 158 valence electrons. The lowest BCUT2D eigenvalue weighted by molar-refractivity contribution is 0.0762. The summed E-state index contributed by atoms with van der Waals surface area (Å²) in [5, 5.41) is 3.66. The van der Waals surface area contributed by atoms with Crippen LogP contribution >= 0.6 is 11.6 Å². The van der Waals surface area contributed by atoms with Crippen LogP contribution < -0.4 is 10.1 Å². The first kappa shape index (κ1) is 20.5. The number of benzene rings is 2. The average molecular weight is 432 g/mol. The third-order valence-electron chi connectivity index (χ3n) is 5.53. The van der Waals surface area contributed by atoms with Crippen LogP contribution in [0.15, 0.2) is 36.4 Å². The first-order valence-electron chi connectivity index (χ1n) is 9.95. The van der Waals surface area contributed by atoms with Crippen molar-refractivity contribution in [2.24, 2.45) is 0 Å². The van der Waals surface area contributed by atoms with Crippen LogP contribution in [0.3, 0.4) is 0 Å². The Morgan fingerprint density at radius 2 is 1.80 bits per heavy atom. The first-order valence-corrected chi connectivity index (χ1v) is 10.3. The Labute approximate surface area is 179 Å². The van der Waals surface area contributed by atoms with Crippen molar-refractivity contribution in [3.63, 3.8) is 0 Å². The predicted molar refractivity (Wildman–Crippen MR) is 111 cm³/mol. The lowest BCUT2D eigenvalue weighted by Crippen LogP contribution is -2.44. The highest BCUT2D eigenvalue weighted by molar-refractivity contribution is 6.31. The Morgan fingerprint density at radius 3 is 2.57 bits per heavy atom. The van der Waals surface area contributed by atoms with Crippen LogP contribution in [-0.4, -0.2) is 54.5 Å². The summed E-state index contributed by atoms with van der Waals surface area (Å²) in [6, 6.07) is 8.80. The van der Waals surface area contributed by atoms with Crippen LogP contribution in [0.5, 0.6) is 5.75 Å². The molecule has 4 rings (SSSR count). The monoisotopic (exact) mass is 431 g/mol. The number of fused-ring (bicyclic) bond motifs is 1. The van der Waals surface area contributed by atoms with Crippen molar-refractivity contribution in [2.45, 2.75) is 19.4 Å². The smallest absolute Gasteiger partial charge is 0.318 e. The Bertz CT molecular complexity index is 967. The molecule has 2 aromatic rings. The zero-order chi connectivity index (χ0) is 21.3. The standard InChI is InChI=1S/C22H23ClFN3O3/c1-14-11-20-17(12-18(14)23)19(13-30-20)25-22(29)27-8-2-7-26(9-10-27)21(28)15-3-5-16(24)6-4-15/h3-6,11-12,19H,2,7-10,13H2,1H3,(H,25,29). The number of carbonyl (C=O) groups is 2. The van der Waals surface area contributed by atoms with Gasteiger partial charge in [0.15, 0.2) is 0 Å². The maximum absolute atomic E-state index is 13.1. The second-order valence-electron chi connectivity index (χ2n) is 7.59. The molecule has 30 heavy (non-hydrogen) atoms. The van der Waals surface area contributed by atoms with E-state index in [0.29, 0.717) is 49.8 Å². The summed E-state index contributed by atoms with van der Waals surface area (Å²) in [6.45, 7) is 4.22. The predicted octanol–water partition coefficient (Wildman–Crippen LogP) is 3.78. The molecular formula is C22H23ClFN3O3.